The largest absolute Gasteiger partial charge is 0.463 e. The highest BCUT2D eigenvalue weighted by Crippen LogP contribution is 2.34. The fourth-order valence-corrected chi connectivity index (χ4v) is 3.87. The summed E-state index contributed by atoms with van der Waals surface area (Å²) in [6.07, 6.45) is -5.46. The molecule has 12 heteroatoms. The first-order valence-electron chi connectivity index (χ1n) is 9.35. The number of anilines is 1. The molecule has 2 aromatic rings. The molecular weight excluding hydrogens is 453 g/mol. The van der Waals surface area contributed by atoms with Crippen LogP contribution in [-0.4, -0.2) is 45.4 Å². The lowest BCUT2D eigenvalue weighted by Crippen LogP contribution is -2.69. The van der Waals surface area contributed by atoms with Gasteiger partial charge in [0, 0.05) is 5.69 Å². The smallest absolute Gasteiger partial charge is 0.437 e. The summed E-state index contributed by atoms with van der Waals surface area (Å²) in [7, 11) is -4.82. The lowest BCUT2D eigenvalue weighted by molar-refractivity contribution is -0.202. The van der Waals surface area contributed by atoms with Crippen LogP contribution >= 0.6 is 0 Å². The second-order valence-corrected chi connectivity index (χ2v) is 7.99. The van der Waals surface area contributed by atoms with Crippen LogP contribution in [0.5, 0.6) is 0 Å². The van der Waals surface area contributed by atoms with E-state index in [9.17, 15) is 31.2 Å². The molecule has 174 valence electrons. The van der Waals surface area contributed by atoms with Gasteiger partial charge in [0.25, 0.3) is 5.66 Å². The molecule has 0 unspecified atom stereocenters. The zero-order chi connectivity index (χ0) is 24.0. The molecule has 0 bridgehead atoms. The van der Waals surface area contributed by atoms with E-state index < -0.39 is 45.3 Å². The Morgan fingerprint density at radius 3 is 1.97 bits per heavy atom. The summed E-state index contributed by atoms with van der Waals surface area (Å²) in [4.78, 5) is 23.7. The highest BCUT2D eigenvalue weighted by atomic mass is 32.2. The number of rotatable bonds is 9. The van der Waals surface area contributed by atoms with Crippen LogP contribution in [0.2, 0.25) is 0 Å². The van der Waals surface area contributed by atoms with E-state index in [0.29, 0.717) is 0 Å². The van der Waals surface area contributed by atoms with Gasteiger partial charge in [-0.25, -0.2) is 18.0 Å². The second kappa shape index (κ2) is 10.0. The van der Waals surface area contributed by atoms with E-state index in [1.54, 1.807) is 6.92 Å². The van der Waals surface area contributed by atoms with Crippen LogP contribution in [0.25, 0.3) is 0 Å². The average molecular weight is 474 g/mol. The zero-order valence-corrected chi connectivity index (χ0v) is 17.9. The van der Waals surface area contributed by atoms with Crippen LogP contribution in [0.15, 0.2) is 59.5 Å². The van der Waals surface area contributed by atoms with Crippen molar-refractivity contribution >= 4 is 27.6 Å². The molecule has 0 heterocycles. The molecule has 2 rings (SSSR count). The molecule has 0 spiro atoms. The van der Waals surface area contributed by atoms with Crippen LogP contribution < -0.4 is 10.0 Å². The third kappa shape index (κ3) is 5.56. The van der Waals surface area contributed by atoms with Crippen molar-refractivity contribution < 1.29 is 40.7 Å². The molecule has 0 amide bonds. The van der Waals surface area contributed by atoms with Gasteiger partial charge in [0.15, 0.2) is 0 Å². The molecule has 1 atom stereocenters. The first-order chi connectivity index (χ1) is 15.0. The van der Waals surface area contributed by atoms with E-state index >= 15 is 0 Å². The molecule has 8 nitrogen and oxygen atoms in total. The van der Waals surface area contributed by atoms with E-state index in [2.05, 4.69) is 4.74 Å². The van der Waals surface area contributed by atoms with E-state index in [1.165, 1.54) is 29.8 Å². The highest BCUT2D eigenvalue weighted by molar-refractivity contribution is 7.89. The summed E-state index contributed by atoms with van der Waals surface area (Å²) in [5.74, 6) is -2.60. The molecule has 0 aliphatic carbocycles. The van der Waals surface area contributed by atoms with Gasteiger partial charge in [0.1, 0.15) is 0 Å². The summed E-state index contributed by atoms with van der Waals surface area (Å²) in [6, 6.07) is 10.7. The van der Waals surface area contributed by atoms with Gasteiger partial charge in [0.2, 0.25) is 10.0 Å². The Balaban J connectivity index is 2.53. The number of hydrogen-bond donors (Lipinski definition) is 2. The minimum atomic E-state index is -5.46. The van der Waals surface area contributed by atoms with Crippen LogP contribution in [0.1, 0.15) is 24.2 Å². The SMILES string of the molecule is CCOC(=O)c1ccc(N[C@](NS(=O)(=O)c2ccccc2)(C(=O)OCC)C(F)(F)F)cc1. The summed E-state index contributed by atoms with van der Waals surface area (Å²) < 4.78 is 78.8. The highest BCUT2D eigenvalue weighted by Gasteiger charge is 2.64. The van der Waals surface area contributed by atoms with E-state index in [0.717, 1.165) is 36.4 Å². The first-order valence-corrected chi connectivity index (χ1v) is 10.8. The van der Waals surface area contributed by atoms with Crippen molar-refractivity contribution in [2.75, 3.05) is 18.5 Å². The van der Waals surface area contributed by atoms with Gasteiger partial charge in [-0.2, -0.15) is 17.9 Å². The number of ether oxygens (including phenoxy) is 2. The molecule has 0 fully saturated rings. The van der Waals surface area contributed by atoms with Gasteiger partial charge in [-0.05, 0) is 50.2 Å². The summed E-state index contributed by atoms with van der Waals surface area (Å²) in [5, 5.41) is 1.90. The quantitative estimate of drug-likeness (QED) is 0.425. The third-order valence-corrected chi connectivity index (χ3v) is 5.54. The van der Waals surface area contributed by atoms with Gasteiger partial charge in [0.05, 0.1) is 23.7 Å². The fraction of sp³-hybridized carbons (Fsp3) is 0.300. The number of hydrogen-bond acceptors (Lipinski definition) is 7. The van der Waals surface area contributed by atoms with Gasteiger partial charge >= 0.3 is 18.1 Å². The Hall–Kier alpha value is -3.12. The summed E-state index contributed by atoms with van der Waals surface area (Å²) >= 11 is 0. The molecule has 0 aromatic heterocycles. The maximum absolute atomic E-state index is 14.2. The number of halogens is 3. The van der Waals surface area contributed by atoms with Crippen LogP contribution in [-0.2, 0) is 24.3 Å². The molecule has 0 saturated carbocycles. The van der Waals surface area contributed by atoms with E-state index in [1.807, 2.05) is 5.32 Å². The third-order valence-electron chi connectivity index (χ3n) is 4.08. The van der Waals surface area contributed by atoms with Crippen molar-refractivity contribution in [3.63, 3.8) is 0 Å². The molecule has 32 heavy (non-hydrogen) atoms. The van der Waals surface area contributed by atoms with E-state index in [4.69, 9.17) is 4.74 Å². The molecule has 0 radical (unpaired) electrons. The number of nitrogens with one attached hydrogen (secondary N) is 2. The Morgan fingerprint density at radius 1 is 0.906 bits per heavy atom. The van der Waals surface area contributed by atoms with Crippen molar-refractivity contribution in [3.05, 3.63) is 60.2 Å². The number of carbonyl (C=O) groups excluding carboxylic acids is 2. The number of sulfonamides is 1. The molecule has 0 saturated heterocycles. The van der Waals surface area contributed by atoms with Crippen molar-refractivity contribution in [3.8, 4) is 0 Å². The van der Waals surface area contributed by atoms with Gasteiger partial charge < -0.3 is 14.8 Å². The maximum Gasteiger partial charge on any atom is 0.437 e. The topological polar surface area (TPSA) is 111 Å². The zero-order valence-electron chi connectivity index (χ0n) is 17.1. The maximum atomic E-state index is 14.2. The fourth-order valence-electron chi connectivity index (χ4n) is 2.58. The van der Waals surface area contributed by atoms with Gasteiger partial charge in [-0.15, -0.1) is 0 Å². The lowest BCUT2D eigenvalue weighted by Gasteiger charge is -2.35. The van der Waals surface area contributed by atoms with Crippen LogP contribution in [0, 0.1) is 0 Å². The second-order valence-electron chi connectivity index (χ2n) is 6.31. The molecule has 0 aliphatic rings. The molecular formula is C20H21F3N2O6S. The normalized spacial score (nSPS) is 13.7. The predicted octanol–water partition coefficient (Wildman–Crippen LogP) is 3.08. The lowest BCUT2D eigenvalue weighted by atomic mass is 10.1. The monoisotopic (exact) mass is 474 g/mol. The average Bonchev–Trinajstić information content (AvgIpc) is 2.73. The van der Waals surface area contributed by atoms with Crippen molar-refractivity contribution in [2.45, 2.75) is 30.6 Å². The Labute approximate surface area is 182 Å². The van der Waals surface area contributed by atoms with Gasteiger partial charge in [-0.1, -0.05) is 18.2 Å². The number of carbonyl (C=O) groups is 2. The predicted molar refractivity (Wildman–Crippen MR) is 108 cm³/mol. The first kappa shape index (κ1) is 25.1. The van der Waals surface area contributed by atoms with Crippen molar-refractivity contribution in [1.29, 1.82) is 0 Å². The Kier molecular flexibility index (Phi) is 7.86. The molecule has 2 N–H and O–H groups in total. The van der Waals surface area contributed by atoms with Crippen molar-refractivity contribution in [2.24, 2.45) is 0 Å². The summed E-state index contributed by atoms with van der Waals surface area (Å²) in [6.45, 7) is 2.52. The minimum Gasteiger partial charge on any atom is -0.463 e. The van der Waals surface area contributed by atoms with E-state index in [-0.39, 0.29) is 17.9 Å². The Morgan fingerprint density at radius 2 is 1.47 bits per heavy atom. The number of esters is 2. The van der Waals surface area contributed by atoms with Gasteiger partial charge in [-0.3, -0.25) is 0 Å². The molecule has 2 aromatic carbocycles. The van der Waals surface area contributed by atoms with Crippen LogP contribution in [0.3, 0.4) is 0 Å². The molecule has 0 aliphatic heterocycles. The number of alkyl halides is 3. The number of benzene rings is 2. The minimum absolute atomic E-state index is 0.0519. The Bertz CT molecular complexity index is 1040. The van der Waals surface area contributed by atoms with Crippen LogP contribution in [0.4, 0.5) is 18.9 Å². The van der Waals surface area contributed by atoms with Crippen molar-refractivity contribution in [1.82, 2.24) is 4.72 Å². The summed E-state index contributed by atoms with van der Waals surface area (Å²) in [5.41, 5.74) is -4.10. The standard InChI is InChI=1S/C20H21F3N2O6S/c1-3-30-17(26)14-10-12-15(13-11-14)24-19(20(21,22)23,18(27)31-4-2)25-32(28,29)16-8-6-5-7-9-16/h5-13,24-25H,3-4H2,1-2H3/t19-/m0/s1.